The van der Waals surface area contributed by atoms with E-state index in [-0.39, 0.29) is 11.3 Å². The van der Waals surface area contributed by atoms with E-state index in [1.807, 2.05) is 37.3 Å². The van der Waals surface area contributed by atoms with Gasteiger partial charge in [0.1, 0.15) is 10.4 Å². The van der Waals surface area contributed by atoms with Gasteiger partial charge in [0.2, 0.25) is 11.0 Å². The highest BCUT2D eigenvalue weighted by molar-refractivity contribution is 8.00. The third kappa shape index (κ3) is 2.02. The predicted octanol–water partition coefficient (Wildman–Crippen LogP) is 2.63. The van der Waals surface area contributed by atoms with Gasteiger partial charge in [-0.3, -0.25) is 9.69 Å². The lowest BCUT2D eigenvalue weighted by Gasteiger charge is -2.20. The third-order valence-corrected chi connectivity index (χ3v) is 4.72. The summed E-state index contributed by atoms with van der Waals surface area (Å²) in [6.45, 7) is 1.90. The van der Waals surface area contributed by atoms with Gasteiger partial charge in [0.05, 0.1) is 5.75 Å². The van der Waals surface area contributed by atoms with E-state index in [1.165, 1.54) is 11.3 Å². The molecule has 92 valence electrons. The van der Waals surface area contributed by atoms with Crippen molar-refractivity contribution in [1.29, 1.82) is 0 Å². The SMILES string of the molecule is Cc1nnc(N2C(=O)CS[C@@H]2c2ccccc2)s1. The maximum absolute atomic E-state index is 12.0. The first-order valence-electron chi connectivity index (χ1n) is 5.54. The molecule has 0 aliphatic carbocycles. The highest BCUT2D eigenvalue weighted by Gasteiger charge is 2.35. The lowest BCUT2D eigenvalue weighted by Crippen LogP contribution is -2.27. The van der Waals surface area contributed by atoms with E-state index in [2.05, 4.69) is 10.2 Å². The van der Waals surface area contributed by atoms with Crippen molar-refractivity contribution in [3.8, 4) is 0 Å². The lowest BCUT2D eigenvalue weighted by atomic mass is 10.2. The highest BCUT2D eigenvalue weighted by Crippen LogP contribution is 2.42. The van der Waals surface area contributed by atoms with Gasteiger partial charge in [-0.2, -0.15) is 0 Å². The van der Waals surface area contributed by atoms with Gasteiger partial charge in [0.25, 0.3) is 0 Å². The average molecular weight is 277 g/mol. The summed E-state index contributed by atoms with van der Waals surface area (Å²) in [4.78, 5) is 13.8. The molecule has 1 aliphatic heterocycles. The number of hydrogen-bond donors (Lipinski definition) is 0. The van der Waals surface area contributed by atoms with Crippen LogP contribution in [-0.4, -0.2) is 21.9 Å². The molecule has 1 aromatic carbocycles. The zero-order chi connectivity index (χ0) is 12.5. The van der Waals surface area contributed by atoms with Crippen LogP contribution in [0.5, 0.6) is 0 Å². The van der Waals surface area contributed by atoms with Crippen LogP contribution in [0.1, 0.15) is 15.9 Å². The Morgan fingerprint density at radius 3 is 2.72 bits per heavy atom. The van der Waals surface area contributed by atoms with Crippen LogP contribution in [0.4, 0.5) is 5.13 Å². The minimum Gasteiger partial charge on any atom is -0.273 e. The number of aryl methyl sites for hydroxylation is 1. The highest BCUT2D eigenvalue weighted by atomic mass is 32.2. The first-order valence-corrected chi connectivity index (χ1v) is 7.41. The monoisotopic (exact) mass is 277 g/mol. The molecule has 3 rings (SSSR count). The molecular weight excluding hydrogens is 266 g/mol. The lowest BCUT2D eigenvalue weighted by molar-refractivity contribution is -0.115. The smallest absolute Gasteiger partial charge is 0.240 e. The molecule has 0 spiro atoms. The molecule has 6 heteroatoms. The molecule has 1 atom stereocenters. The largest absolute Gasteiger partial charge is 0.273 e. The van der Waals surface area contributed by atoms with Crippen LogP contribution >= 0.6 is 23.1 Å². The van der Waals surface area contributed by atoms with Gasteiger partial charge in [0, 0.05) is 0 Å². The first kappa shape index (κ1) is 11.7. The summed E-state index contributed by atoms with van der Waals surface area (Å²) in [6, 6.07) is 10.0. The average Bonchev–Trinajstić information content (AvgIpc) is 2.96. The number of hydrogen-bond acceptors (Lipinski definition) is 5. The number of aromatic nitrogens is 2. The molecule has 0 saturated carbocycles. The molecule has 0 radical (unpaired) electrons. The Balaban J connectivity index is 1.98. The van der Waals surface area contributed by atoms with Crippen LogP contribution in [0.15, 0.2) is 30.3 Å². The molecule has 1 aromatic heterocycles. The number of thioether (sulfide) groups is 1. The van der Waals surface area contributed by atoms with Crippen molar-refractivity contribution < 1.29 is 4.79 Å². The zero-order valence-electron chi connectivity index (χ0n) is 9.74. The van der Waals surface area contributed by atoms with Crippen LogP contribution in [0.2, 0.25) is 0 Å². The maximum Gasteiger partial charge on any atom is 0.240 e. The van der Waals surface area contributed by atoms with Gasteiger partial charge in [-0.15, -0.1) is 22.0 Å². The maximum atomic E-state index is 12.0. The number of carbonyl (C=O) groups excluding carboxylic acids is 1. The van der Waals surface area contributed by atoms with E-state index in [0.29, 0.717) is 10.9 Å². The van der Waals surface area contributed by atoms with E-state index in [4.69, 9.17) is 0 Å². The molecule has 1 saturated heterocycles. The summed E-state index contributed by atoms with van der Waals surface area (Å²) in [7, 11) is 0. The fraction of sp³-hybridized carbons (Fsp3) is 0.250. The molecule has 4 nitrogen and oxygen atoms in total. The summed E-state index contributed by atoms with van der Waals surface area (Å²) in [5.41, 5.74) is 1.13. The Hall–Kier alpha value is -1.40. The number of carbonyl (C=O) groups is 1. The summed E-state index contributed by atoms with van der Waals surface area (Å²) < 4.78 is 0. The third-order valence-electron chi connectivity index (χ3n) is 2.67. The second kappa shape index (κ2) is 4.70. The van der Waals surface area contributed by atoms with Crippen LogP contribution in [0.3, 0.4) is 0 Å². The fourth-order valence-electron chi connectivity index (χ4n) is 1.88. The van der Waals surface area contributed by atoms with Crippen molar-refractivity contribution in [3.63, 3.8) is 0 Å². The zero-order valence-corrected chi connectivity index (χ0v) is 11.4. The van der Waals surface area contributed by atoms with E-state index in [1.54, 1.807) is 16.7 Å². The summed E-state index contributed by atoms with van der Waals surface area (Å²) in [6.07, 6.45) is 0. The van der Waals surface area contributed by atoms with Crippen LogP contribution in [0.25, 0.3) is 0 Å². The second-order valence-electron chi connectivity index (χ2n) is 3.94. The predicted molar refractivity (Wildman–Crippen MR) is 73.8 cm³/mol. The number of nitrogens with zero attached hydrogens (tertiary/aromatic N) is 3. The Labute approximate surface area is 113 Å². The van der Waals surface area contributed by atoms with Gasteiger partial charge in [-0.05, 0) is 12.5 Å². The normalized spacial score (nSPS) is 19.5. The molecule has 1 aliphatic rings. The Morgan fingerprint density at radius 1 is 1.28 bits per heavy atom. The molecule has 18 heavy (non-hydrogen) atoms. The van der Waals surface area contributed by atoms with Crippen molar-refractivity contribution in [2.45, 2.75) is 12.3 Å². The van der Waals surface area contributed by atoms with Gasteiger partial charge >= 0.3 is 0 Å². The van der Waals surface area contributed by atoms with Gasteiger partial charge in [0.15, 0.2) is 0 Å². The molecule has 0 unspecified atom stereocenters. The standard InChI is InChI=1S/C12H11N3OS2/c1-8-13-14-12(18-8)15-10(16)7-17-11(15)9-5-3-2-4-6-9/h2-6,11H,7H2,1H3/t11-/m1/s1. The second-order valence-corrected chi connectivity index (χ2v) is 6.17. The van der Waals surface area contributed by atoms with Crippen molar-refractivity contribution in [1.82, 2.24) is 10.2 Å². The molecule has 1 amide bonds. The molecule has 0 N–H and O–H groups in total. The number of benzene rings is 1. The van der Waals surface area contributed by atoms with Crippen molar-refractivity contribution in [2.24, 2.45) is 0 Å². The van der Waals surface area contributed by atoms with Crippen LogP contribution in [-0.2, 0) is 4.79 Å². The van der Waals surface area contributed by atoms with Crippen LogP contribution < -0.4 is 4.90 Å². The Bertz CT molecular complexity index is 570. The summed E-state index contributed by atoms with van der Waals surface area (Å²) in [5, 5.41) is 9.66. The van der Waals surface area contributed by atoms with E-state index in [0.717, 1.165) is 10.6 Å². The van der Waals surface area contributed by atoms with Gasteiger partial charge in [-0.25, -0.2) is 0 Å². The number of amides is 1. The van der Waals surface area contributed by atoms with Crippen LogP contribution in [0, 0.1) is 6.92 Å². The number of anilines is 1. The van der Waals surface area contributed by atoms with Gasteiger partial charge < -0.3 is 0 Å². The topological polar surface area (TPSA) is 46.1 Å². The Morgan fingerprint density at radius 2 is 2.06 bits per heavy atom. The fourth-order valence-corrected chi connectivity index (χ4v) is 3.83. The van der Waals surface area contributed by atoms with Crippen molar-refractivity contribution in [3.05, 3.63) is 40.9 Å². The van der Waals surface area contributed by atoms with Crippen molar-refractivity contribution >= 4 is 34.1 Å². The molecule has 1 fully saturated rings. The minimum atomic E-state index is 0.0195. The minimum absolute atomic E-state index is 0.0195. The molecule has 2 aromatic rings. The van der Waals surface area contributed by atoms with Crippen molar-refractivity contribution in [2.75, 3.05) is 10.7 Å². The summed E-state index contributed by atoms with van der Waals surface area (Å²) >= 11 is 3.09. The molecular formula is C12H11N3OS2. The van der Waals surface area contributed by atoms with E-state index < -0.39 is 0 Å². The molecule has 0 bridgehead atoms. The molecule has 2 heterocycles. The summed E-state index contributed by atoms with van der Waals surface area (Å²) in [5.74, 6) is 0.600. The first-order chi connectivity index (χ1) is 8.75. The number of rotatable bonds is 2. The Kier molecular flexibility index (Phi) is 3.05. The quantitative estimate of drug-likeness (QED) is 0.846. The van der Waals surface area contributed by atoms with E-state index in [9.17, 15) is 4.79 Å². The van der Waals surface area contributed by atoms with Gasteiger partial charge in [-0.1, -0.05) is 41.7 Å². The van der Waals surface area contributed by atoms with E-state index >= 15 is 0 Å².